The van der Waals surface area contributed by atoms with E-state index in [1.165, 1.54) is 141 Å². The highest BCUT2D eigenvalue weighted by Crippen LogP contribution is 2.15. The van der Waals surface area contributed by atoms with Crippen molar-refractivity contribution < 1.29 is 28.6 Å². The van der Waals surface area contributed by atoms with Crippen LogP contribution >= 0.6 is 0 Å². The molecule has 58 heavy (non-hydrogen) atoms. The van der Waals surface area contributed by atoms with Crippen LogP contribution in [0.5, 0.6) is 0 Å². The van der Waals surface area contributed by atoms with Crippen molar-refractivity contribution in [3.63, 3.8) is 0 Å². The molecule has 0 amide bonds. The summed E-state index contributed by atoms with van der Waals surface area (Å²) < 4.78 is 16.7. The number of allylic oxidation sites excluding steroid dienone is 6. The van der Waals surface area contributed by atoms with Crippen LogP contribution in [-0.4, -0.2) is 37.2 Å². The molecule has 6 nitrogen and oxygen atoms in total. The Morgan fingerprint density at radius 2 is 0.621 bits per heavy atom. The molecule has 0 bridgehead atoms. The normalized spacial score (nSPS) is 12.3. The summed E-state index contributed by atoms with van der Waals surface area (Å²) in [5, 5.41) is 0. The van der Waals surface area contributed by atoms with Gasteiger partial charge in [0.15, 0.2) is 6.10 Å². The molecular weight excluding hydrogens is 721 g/mol. The topological polar surface area (TPSA) is 78.9 Å². The summed E-state index contributed by atoms with van der Waals surface area (Å²) in [4.78, 5) is 37.8. The second-order valence-electron chi connectivity index (χ2n) is 16.8. The highest BCUT2D eigenvalue weighted by molar-refractivity contribution is 5.71. The van der Waals surface area contributed by atoms with Crippen LogP contribution in [0.3, 0.4) is 0 Å². The van der Waals surface area contributed by atoms with E-state index in [9.17, 15) is 14.4 Å². The van der Waals surface area contributed by atoms with Crippen molar-refractivity contribution >= 4 is 17.9 Å². The third-order valence-corrected chi connectivity index (χ3v) is 11.0. The minimum Gasteiger partial charge on any atom is -0.462 e. The van der Waals surface area contributed by atoms with E-state index in [1.54, 1.807) is 0 Å². The van der Waals surface area contributed by atoms with E-state index >= 15 is 0 Å². The van der Waals surface area contributed by atoms with Crippen LogP contribution in [-0.2, 0) is 28.6 Å². The molecule has 0 aromatic heterocycles. The SMILES string of the molecule is CCCCCCC\C=C/C=C\C=C/CCCCCCCC(=O)OCC(COC(=O)CCCCCCCCCCCC)OC(=O)CCCCCCCCCCCCCC. The predicted octanol–water partition coefficient (Wildman–Crippen LogP) is 16.1. The van der Waals surface area contributed by atoms with Crippen molar-refractivity contribution in [2.24, 2.45) is 0 Å². The average molecular weight is 815 g/mol. The van der Waals surface area contributed by atoms with Crippen LogP contribution in [0.2, 0.25) is 0 Å². The highest BCUT2D eigenvalue weighted by Gasteiger charge is 2.19. The fraction of sp³-hybridized carbons (Fsp3) is 0.827. The minimum absolute atomic E-state index is 0.0752. The summed E-state index contributed by atoms with van der Waals surface area (Å²) in [7, 11) is 0. The fourth-order valence-electron chi connectivity index (χ4n) is 7.15. The summed E-state index contributed by atoms with van der Waals surface area (Å²) in [6.45, 7) is 6.60. The molecular formula is C52H94O6. The second kappa shape index (κ2) is 47.3. The van der Waals surface area contributed by atoms with Gasteiger partial charge in [-0.2, -0.15) is 0 Å². The van der Waals surface area contributed by atoms with Crippen molar-refractivity contribution in [2.75, 3.05) is 13.2 Å². The minimum atomic E-state index is -0.773. The number of carbonyl (C=O) groups excluding carboxylic acids is 3. The molecule has 0 aromatic carbocycles. The highest BCUT2D eigenvalue weighted by atomic mass is 16.6. The van der Waals surface area contributed by atoms with Gasteiger partial charge in [-0.25, -0.2) is 0 Å². The van der Waals surface area contributed by atoms with Gasteiger partial charge in [-0.05, 0) is 44.9 Å². The van der Waals surface area contributed by atoms with E-state index in [2.05, 4.69) is 57.2 Å². The first-order valence-electron chi connectivity index (χ1n) is 25.0. The zero-order valence-electron chi connectivity index (χ0n) is 38.6. The molecule has 0 rings (SSSR count). The Morgan fingerprint density at radius 3 is 0.948 bits per heavy atom. The van der Waals surface area contributed by atoms with Crippen LogP contribution in [0.15, 0.2) is 36.5 Å². The van der Waals surface area contributed by atoms with Gasteiger partial charge in [0.05, 0.1) is 0 Å². The number of hydrogen-bond donors (Lipinski definition) is 0. The lowest BCUT2D eigenvalue weighted by Crippen LogP contribution is -2.30. The van der Waals surface area contributed by atoms with Crippen LogP contribution in [0.4, 0.5) is 0 Å². The molecule has 0 saturated heterocycles. The Hall–Kier alpha value is -2.37. The predicted molar refractivity (Wildman–Crippen MR) is 247 cm³/mol. The Bertz CT molecular complexity index is 984. The van der Waals surface area contributed by atoms with Crippen LogP contribution in [0.25, 0.3) is 0 Å². The van der Waals surface area contributed by atoms with E-state index < -0.39 is 6.10 Å². The van der Waals surface area contributed by atoms with E-state index in [4.69, 9.17) is 14.2 Å². The van der Waals surface area contributed by atoms with Gasteiger partial charge in [0.1, 0.15) is 13.2 Å². The van der Waals surface area contributed by atoms with Gasteiger partial charge < -0.3 is 14.2 Å². The van der Waals surface area contributed by atoms with Crippen molar-refractivity contribution in [1.82, 2.24) is 0 Å². The fourth-order valence-corrected chi connectivity index (χ4v) is 7.15. The molecule has 0 N–H and O–H groups in total. The molecule has 0 aliphatic heterocycles. The number of hydrogen-bond acceptors (Lipinski definition) is 6. The third-order valence-electron chi connectivity index (χ3n) is 11.0. The van der Waals surface area contributed by atoms with Gasteiger partial charge in [0, 0.05) is 19.3 Å². The maximum atomic E-state index is 12.7. The molecule has 0 aromatic rings. The van der Waals surface area contributed by atoms with Crippen molar-refractivity contribution in [3.05, 3.63) is 36.5 Å². The molecule has 6 heteroatoms. The molecule has 0 saturated carbocycles. The Kier molecular flexibility index (Phi) is 45.4. The van der Waals surface area contributed by atoms with Crippen LogP contribution in [0.1, 0.15) is 258 Å². The Morgan fingerprint density at radius 1 is 0.345 bits per heavy atom. The van der Waals surface area contributed by atoms with Gasteiger partial charge in [0.25, 0.3) is 0 Å². The van der Waals surface area contributed by atoms with Gasteiger partial charge in [0.2, 0.25) is 0 Å². The number of carbonyl (C=O) groups is 3. The van der Waals surface area contributed by atoms with Gasteiger partial charge in [-0.15, -0.1) is 0 Å². The largest absolute Gasteiger partial charge is 0.462 e. The van der Waals surface area contributed by atoms with Crippen molar-refractivity contribution in [2.45, 2.75) is 264 Å². The number of unbranched alkanes of at least 4 members (excludes halogenated alkanes) is 30. The molecule has 0 radical (unpaired) electrons. The Labute approximate surface area is 359 Å². The zero-order valence-corrected chi connectivity index (χ0v) is 38.6. The van der Waals surface area contributed by atoms with Crippen molar-refractivity contribution in [3.8, 4) is 0 Å². The van der Waals surface area contributed by atoms with Crippen molar-refractivity contribution in [1.29, 1.82) is 0 Å². The maximum absolute atomic E-state index is 12.7. The third kappa shape index (κ3) is 44.7. The summed E-state index contributed by atoms with van der Waals surface area (Å²) in [5.74, 6) is -0.889. The Balaban J connectivity index is 4.35. The molecule has 0 fully saturated rings. The molecule has 0 aliphatic rings. The van der Waals surface area contributed by atoms with E-state index in [0.717, 1.165) is 77.0 Å². The lowest BCUT2D eigenvalue weighted by atomic mass is 10.0. The van der Waals surface area contributed by atoms with Gasteiger partial charge >= 0.3 is 17.9 Å². The summed E-state index contributed by atoms with van der Waals surface area (Å²) >= 11 is 0. The summed E-state index contributed by atoms with van der Waals surface area (Å²) in [6.07, 6.45) is 54.1. The summed E-state index contributed by atoms with van der Waals surface area (Å²) in [5.41, 5.74) is 0. The first-order chi connectivity index (χ1) is 28.5. The first-order valence-corrected chi connectivity index (χ1v) is 25.0. The lowest BCUT2D eigenvalue weighted by Gasteiger charge is -2.18. The van der Waals surface area contributed by atoms with Crippen LogP contribution in [0, 0.1) is 0 Å². The molecule has 0 aliphatic carbocycles. The molecule has 0 heterocycles. The standard InChI is InChI=1S/C52H94O6/c1-4-7-10-13-16-19-22-24-25-26-27-28-29-31-33-36-39-42-45-51(54)57-48-49(47-56-50(53)44-41-38-35-32-21-18-15-12-9-6-3)58-52(55)46-43-40-37-34-30-23-20-17-14-11-8-5-2/h22,24-28,49H,4-21,23,29-48H2,1-3H3/b24-22-,26-25-,28-27-. The van der Waals surface area contributed by atoms with Gasteiger partial charge in [-0.1, -0.05) is 231 Å². The van der Waals surface area contributed by atoms with E-state index in [1.807, 2.05) is 0 Å². The molecule has 0 spiro atoms. The molecule has 338 valence electrons. The number of rotatable bonds is 45. The zero-order chi connectivity index (χ0) is 42.3. The van der Waals surface area contributed by atoms with E-state index in [0.29, 0.717) is 19.3 Å². The second-order valence-corrected chi connectivity index (χ2v) is 16.8. The van der Waals surface area contributed by atoms with Crippen LogP contribution < -0.4 is 0 Å². The quantitative estimate of drug-likeness (QED) is 0.0264. The monoisotopic (exact) mass is 815 g/mol. The number of ether oxygens (including phenoxy) is 3. The maximum Gasteiger partial charge on any atom is 0.306 e. The van der Waals surface area contributed by atoms with Gasteiger partial charge in [-0.3, -0.25) is 14.4 Å². The van der Waals surface area contributed by atoms with E-state index in [-0.39, 0.29) is 31.1 Å². The smallest absolute Gasteiger partial charge is 0.306 e. The first kappa shape index (κ1) is 55.6. The lowest BCUT2D eigenvalue weighted by molar-refractivity contribution is -0.167. The summed E-state index contributed by atoms with van der Waals surface area (Å²) in [6, 6.07) is 0. The molecule has 1 atom stereocenters. The molecule has 1 unspecified atom stereocenters. The number of esters is 3. The average Bonchev–Trinajstić information content (AvgIpc) is 3.22.